The number of carbonyl (C=O) groups excluding carboxylic acids is 1. The molecule has 0 bridgehead atoms. The summed E-state index contributed by atoms with van der Waals surface area (Å²) in [7, 11) is 0. The van der Waals surface area contributed by atoms with E-state index in [9.17, 15) is 4.79 Å². The van der Waals surface area contributed by atoms with Gasteiger partial charge in [0.25, 0.3) is 5.91 Å². The van der Waals surface area contributed by atoms with Crippen LogP contribution in [0.3, 0.4) is 0 Å². The molecule has 0 fully saturated rings. The van der Waals surface area contributed by atoms with Crippen LogP contribution in [0.25, 0.3) is 0 Å². The SMILES string of the molecule is N#C/C(=N\NC(=O)c1cccnc1)c1ccc(Cl)cc1. The molecule has 0 unspecified atom stereocenters. The van der Waals surface area contributed by atoms with Crippen LogP contribution in [0.4, 0.5) is 0 Å². The van der Waals surface area contributed by atoms with Crippen LogP contribution in [0.2, 0.25) is 5.02 Å². The molecule has 1 heterocycles. The van der Waals surface area contributed by atoms with Gasteiger partial charge in [-0.15, -0.1) is 0 Å². The number of aromatic nitrogens is 1. The van der Waals surface area contributed by atoms with E-state index in [0.717, 1.165) is 0 Å². The van der Waals surface area contributed by atoms with Crippen LogP contribution in [0.5, 0.6) is 0 Å². The number of amides is 1. The molecule has 0 atom stereocenters. The lowest BCUT2D eigenvalue weighted by atomic mass is 10.1. The maximum Gasteiger partial charge on any atom is 0.272 e. The lowest BCUT2D eigenvalue weighted by Gasteiger charge is -2.01. The zero-order chi connectivity index (χ0) is 14.4. The van der Waals surface area contributed by atoms with Crippen LogP contribution < -0.4 is 5.43 Å². The average molecular weight is 285 g/mol. The van der Waals surface area contributed by atoms with Crippen molar-refractivity contribution in [2.24, 2.45) is 5.10 Å². The fourth-order valence-corrected chi connectivity index (χ4v) is 1.56. The number of carbonyl (C=O) groups is 1. The highest BCUT2D eigenvalue weighted by Gasteiger charge is 2.06. The van der Waals surface area contributed by atoms with Gasteiger partial charge in [-0.25, -0.2) is 5.43 Å². The van der Waals surface area contributed by atoms with E-state index in [1.807, 2.05) is 6.07 Å². The van der Waals surface area contributed by atoms with Crippen molar-refractivity contribution in [2.45, 2.75) is 0 Å². The third kappa shape index (κ3) is 3.40. The molecule has 1 aromatic heterocycles. The van der Waals surface area contributed by atoms with Crippen molar-refractivity contribution >= 4 is 23.2 Å². The quantitative estimate of drug-likeness (QED) is 0.694. The highest BCUT2D eigenvalue weighted by Crippen LogP contribution is 2.10. The average Bonchev–Trinajstić information content (AvgIpc) is 2.50. The fourth-order valence-electron chi connectivity index (χ4n) is 1.43. The van der Waals surface area contributed by atoms with E-state index >= 15 is 0 Å². The summed E-state index contributed by atoms with van der Waals surface area (Å²) in [6, 6.07) is 11.8. The number of halogens is 1. The van der Waals surface area contributed by atoms with Gasteiger partial charge < -0.3 is 0 Å². The minimum atomic E-state index is -0.431. The van der Waals surface area contributed by atoms with Gasteiger partial charge >= 0.3 is 0 Å². The third-order valence-corrected chi connectivity index (χ3v) is 2.67. The molecule has 0 spiro atoms. The van der Waals surface area contributed by atoms with Gasteiger partial charge in [-0.1, -0.05) is 23.7 Å². The zero-order valence-electron chi connectivity index (χ0n) is 10.2. The zero-order valence-corrected chi connectivity index (χ0v) is 11.0. The second-order valence-electron chi connectivity index (χ2n) is 3.76. The first-order valence-electron chi connectivity index (χ1n) is 5.65. The van der Waals surface area contributed by atoms with Gasteiger partial charge in [0, 0.05) is 23.0 Å². The van der Waals surface area contributed by atoms with Gasteiger partial charge in [0.1, 0.15) is 6.07 Å². The largest absolute Gasteiger partial charge is 0.272 e. The summed E-state index contributed by atoms with van der Waals surface area (Å²) >= 11 is 5.77. The van der Waals surface area contributed by atoms with E-state index in [0.29, 0.717) is 16.1 Å². The number of hydrogen-bond donors (Lipinski definition) is 1. The van der Waals surface area contributed by atoms with Gasteiger partial charge in [0.15, 0.2) is 5.71 Å². The number of benzene rings is 1. The van der Waals surface area contributed by atoms with Crippen LogP contribution in [0, 0.1) is 11.3 Å². The summed E-state index contributed by atoms with van der Waals surface area (Å²) in [6.45, 7) is 0. The first-order valence-corrected chi connectivity index (χ1v) is 6.02. The molecule has 0 saturated heterocycles. The Morgan fingerprint density at radius 2 is 2.00 bits per heavy atom. The topological polar surface area (TPSA) is 78.1 Å². The van der Waals surface area contributed by atoms with Gasteiger partial charge in [-0.2, -0.15) is 10.4 Å². The fraction of sp³-hybridized carbons (Fsp3) is 0. The molecule has 5 nitrogen and oxygen atoms in total. The summed E-state index contributed by atoms with van der Waals surface area (Å²) in [6.07, 6.45) is 2.98. The molecule has 0 radical (unpaired) electrons. The summed E-state index contributed by atoms with van der Waals surface area (Å²) in [5.41, 5.74) is 3.35. The van der Waals surface area contributed by atoms with Gasteiger partial charge in [-0.05, 0) is 24.3 Å². The Morgan fingerprint density at radius 3 is 2.60 bits per heavy atom. The molecule has 1 N–H and O–H groups in total. The Labute approximate surface area is 120 Å². The van der Waals surface area contributed by atoms with Crippen LogP contribution in [-0.4, -0.2) is 16.6 Å². The van der Waals surface area contributed by atoms with Crippen LogP contribution in [0.1, 0.15) is 15.9 Å². The van der Waals surface area contributed by atoms with E-state index in [2.05, 4.69) is 15.5 Å². The van der Waals surface area contributed by atoms with Crippen molar-refractivity contribution in [3.8, 4) is 6.07 Å². The van der Waals surface area contributed by atoms with E-state index < -0.39 is 5.91 Å². The highest BCUT2D eigenvalue weighted by molar-refractivity contribution is 6.30. The maximum atomic E-state index is 11.8. The van der Waals surface area contributed by atoms with Gasteiger partial charge in [-0.3, -0.25) is 9.78 Å². The number of nitrogens with zero attached hydrogens (tertiary/aromatic N) is 3. The van der Waals surface area contributed by atoms with Crippen LogP contribution in [-0.2, 0) is 0 Å². The van der Waals surface area contributed by atoms with E-state index in [1.165, 1.54) is 6.20 Å². The first kappa shape index (κ1) is 13.7. The smallest absolute Gasteiger partial charge is 0.267 e. The van der Waals surface area contributed by atoms with Crippen LogP contribution in [0.15, 0.2) is 53.9 Å². The standard InChI is InChI=1S/C14H9ClN4O/c15-12-5-3-10(4-6-12)13(8-16)18-19-14(20)11-2-1-7-17-9-11/h1-7,9H,(H,19,20)/b18-13+. The lowest BCUT2D eigenvalue weighted by molar-refractivity contribution is 0.0954. The molecular weight excluding hydrogens is 276 g/mol. The van der Waals surface area contributed by atoms with Crippen LogP contribution >= 0.6 is 11.6 Å². The van der Waals surface area contributed by atoms with Crippen molar-refractivity contribution in [3.05, 3.63) is 64.9 Å². The van der Waals surface area contributed by atoms with Crippen molar-refractivity contribution in [1.29, 1.82) is 5.26 Å². The minimum absolute atomic E-state index is 0.0962. The molecule has 2 rings (SSSR count). The van der Waals surface area contributed by atoms with Gasteiger partial charge in [0.05, 0.1) is 5.56 Å². The molecule has 20 heavy (non-hydrogen) atoms. The number of hydrazone groups is 1. The lowest BCUT2D eigenvalue weighted by Crippen LogP contribution is -2.19. The second kappa shape index (κ2) is 6.45. The highest BCUT2D eigenvalue weighted by atomic mass is 35.5. The third-order valence-electron chi connectivity index (χ3n) is 2.42. The van der Waals surface area contributed by atoms with E-state index in [-0.39, 0.29) is 5.71 Å². The van der Waals surface area contributed by atoms with Crippen molar-refractivity contribution in [2.75, 3.05) is 0 Å². The molecule has 0 aliphatic heterocycles. The van der Waals surface area contributed by atoms with Crippen molar-refractivity contribution in [1.82, 2.24) is 10.4 Å². The molecule has 98 valence electrons. The van der Waals surface area contributed by atoms with Gasteiger partial charge in [0.2, 0.25) is 0 Å². The van der Waals surface area contributed by atoms with E-state index in [4.69, 9.17) is 16.9 Å². The number of nitrogens with one attached hydrogen (secondary N) is 1. The van der Waals surface area contributed by atoms with Crippen molar-refractivity contribution in [3.63, 3.8) is 0 Å². The molecule has 2 aromatic rings. The summed E-state index contributed by atoms with van der Waals surface area (Å²) < 4.78 is 0. The Morgan fingerprint density at radius 1 is 1.25 bits per heavy atom. The molecule has 1 aromatic carbocycles. The number of pyridine rings is 1. The molecule has 0 aliphatic rings. The Kier molecular flexibility index (Phi) is 4.43. The van der Waals surface area contributed by atoms with E-state index in [1.54, 1.807) is 42.6 Å². The normalized spacial score (nSPS) is 10.7. The molecular formula is C14H9ClN4O. The maximum absolute atomic E-state index is 11.8. The minimum Gasteiger partial charge on any atom is -0.267 e. The predicted octanol–water partition coefficient (Wildman–Crippen LogP) is 2.39. The molecule has 0 aliphatic carbocycles. The summed E-state index contributed by atoms with van der Waals surface area (Å²) in [4.78, 5) is 15.6. The predicted molar refractivity (Wildman–Crippen MR) is 75.3 cm³/mol. The number of nitriles is 1. The van der Waals surface area contributed by atoms with Crippen molar-refractivity contribution < 1.29 is 4.79 Å². The monoisotopic (exact) mass is 284 g/mol. The molecule has 0 saturated carbocycles. The number of rotatable bonds is 3. The Balaban J connectivity index is 2.15. The Bertz CT molecular complexity index is 675. The first-order chi connectivity index (χ1) is 9.70. The Hall–Kier alpha value is -2.71. The summed E-state index contributed by atoms with van der Waals surface area (Å²) in [5.74, 6) is -0.431. The molecule has 1 amide bonds. The molecule has 6 heteroatoms. The summed E-state index contributed by atoms with van der Waals surface area (Å²) in [5, 5.41) is 13.4. The second-order valence-corrected chi connectivity index (χ2v) is 4.20. The number of hydrogen-bond acceptors (Lipinski definition) is 4.